The minimum absolute atomic E-state index is 0.0474. The average molecular weight is 276 g/mol. The maximum Gasteiger partial charge on any atom is 0.240 e. The van der Waals surface area contributed by atoms with Crippen LogP contribution < -0.4 is 15.0 Å². The second-order valence-electron chi connectivity index (χ2n) is 6.25. The third kappa shape index (κ3) is 3.51. The maximum absolute atomic E-state index is 12.4. The van der Waals surface area contributed by atoms with Gasteiger partial charge in [-0.25, -0.2) is 0 Å². The molecule has 0 atom stereocenters. The first kappa shape index (κ1) is 14.9. The van der Waals surface area contributed by atoms with E-state index in [1.165, 1.54) is 5.56 Å². The van der Waals surface area contributed by atoms with Crippen LogP contribution in [0.15, 0.2) is 18.2 Å². The molecule has 1 aliphatic heterocycles. The van der Waals surface area contributed by atoms with Gasteiger partial charge in [0.25, 0.3) is 0 Å². The van der Waals surface area contributed by atoms with Gasteiger partial charge in [-0.2, -0.15) is 0 Å². The van der Waals surface area contributed by atoms with Crippen molar-refractivity contribution < 1.29 is 9.53 Å². The molecule has 0 aliphatic carbocycles. The highest BCUT2D eigenvalue weighted by Crippen LogP contribution is 2.30. The molecule has 110 valence electrons. The summed E-state index contributed by atoms with van der Waals surface area (Å²) in [6.45, 7) is 7.36. The highest BCUT2D eigenvalue weighted by Gasteiger charge is 2.23. The van der Waals surface area contributed by atoms with Gasteiger partial charge in [-0.1, -0.05) is 0 Å². The lowest BCUT2D eigenvalue weighted by molar-refractivity contribution is -0.118. The molecular formula is C16H24N2O2. The summed E-state index contributed by atoms with van der Waals surface area (Å²) in [6.07, 6.45) is 2.00. The van der Waals surface area contributed by atoms with E-state index in [1.807, 2.05) is 23.1 Å². The number of nitrogens with zero attached hydrogens (tertiary/aromatic N) is 1. The summed E-state index contributed by atoms with van der Waals surface area (Å²) in [6, 6.07) is 5.94. The Morgan fingerprint density at radius 2 is 2.15 bits per heavy atom. The Morgan fingerprint density at radius 3 is 2.80 bits per heavy atom. The number of hydrogen-bond acceptors (Lipinski definition) is 3. The van der Waals surface area contributed by atoms with Crippen molar-refractivity contribution >= 4 is 11.6 Å². The van der Waals surface area contributed by atoms with E-state index in [0.717, 1.165) is 30.8 Å². The van der Waals surface area contributed by atoms with Crippen LogP contribution in [-0.4, -0.2) is 31.6 Å². The fourth-order valence-electron chi connectivity index (χ4n) is 2.40. The molecule has 1 heterocycles. The SMILES string of the molecule is COc1ccc2c(c1)CCCN2C(=O)CNC(C)(C)C. The van der Waals surface area contributed by atoms with Crippen molar-refractivity contribution in [3.8, 4) is 5.75 Å². The summed E-state index contributed by atoms with van der Waals surface area (Å²) >= 11 is 0. The molecule has 0 fully saturated rings. The second-order valence-corrected chi connectivity index (χ2v) is 6.25. The lowest BCUT2D eigenvalue weighted by atomic mass is 10.0. The maximum atomic E-state index is 12.4. The van der Waals surface area contributed by atoms with Crippen LogP contribution in [0, 0.1) is 0 Å². The van der Waals surface area contributed by atoms with Gasteiger partial charge in [0, 0.05) is 17.8 Å². The summed E-state index contributed by atoms with van der Waals surface area (Å²) in [5.74, 6) is 0.983. The zero-order valence-corrected chi connectivity index (χ0v) is 12.8. The van der Waals surface area contributed by atoms with Gasteiger partial charge in [-0.3, -0.25) is 4.79 Å². The van der Waals surface area contributed by atoms with Crippen LogP contribution in [0.5, 0.6) is 5.75 Å². The van der Waals surface area contributed by atoms with Crippen LogP contribution in [0.25, 0.3) is 0 Å². The normalized spacial score (nSPS) is 14.9. The third-order valence-electron chi connectivity index (χ3n) is 3.48. The van der Waals surface area contributed by atoms with Crippen molar-refractivity contribution in [3.05, 3.63) is 23.8 Å². The van der Waals surface area contributed by atoms with Crippen LogP contribution in [0.2, 0.25) is 0 Å². The lowest BCUT2D eigenvalue weighted by Gasteiger charge is -2.31. The number of nitrogens with one attached hydrogen (secondary N) is 1. The summed E-state index contributed by atoms with van der Waals surface area (Å²) < 4.78 is 5.25. The second kappa shape index (κ2) is 5.83. The largest absolute Gasteiger partial charge is 0.497 e. The highest BCUT2D eigenvalue weighted by molar-refractivity contribution is 5.96. The third-order valence-corrected chi connectivity index (χ3v) is 3.48. The molecule has 1 aromatic carbocycles. The number of carbonyl (C=O) groups excluding carboxylic acids is 1. The number of benzene rings is 1. The Bertz CT molecular complexity index is 492. The van der Waals surface area contributed by atoms with E-state index in [0.29, 0.717) is 6.54 Å². The first-order chi connectivity index (χ1) is 9.40. The van der Waals surface area contributed by atoms with Gasteiger partial charge in [-0.05, 0) is 57.4 Å². The van der Waals surface area contributed by atoms with E-state index in [-0.39, 0.29) is 11.4 Å². The van der Waals surface area contributed by atoms with Crippen molar-refractivity contribution in [3.63, 3.8) is 0 Å². The van der Waals surface area contributed by atoms with E-state index in [1.54, 1.807) is 7.11 Å². The smallest absolute Gasteiger partial charge is 0.240 e. The van der Waals surface area contributed by atoms with E-state index in [2.05, 4.69) is 26.1 Å². The molecule has 2 rings (SSSR count). The number of fused-ring (bicyclic) bond motifs is 1. The van der Waals surface area contributed by atoms with Crippen molar-refractivity contribution in [2.75, 3.05) is 25.1 Å². The minimum atomic E-state index is -0.0474. The first-order valence-corrected chi connectivity index (χ1v) is 7.13. The fraction of sp³-hybridized carbons (Fsp3) is 0.562. The van der Waals surface area contributed by atoms with Gasteiger partial charge in [0.05, 0.1) is 13.7 Å². The number of anilines is 1. The quantitative estimate of drug-likeness (QED) is 0.921. The molecule has 0 bridgehead atoms. The van der Waals surface area contributed by atoms with Gasteiger partial charge in [-0.15, -0.1) is 0 Å². The Morgan fingerprint density at radius 1 is 1.40 bits per heavy atom. The summed E-state index contributed by atoms with van der Waals surface area (Å²) in [4.78, 5) is 14.3. The van der Waals surface area contributed by atoms with Gasteiger partial charge in [0.15, 0.2) is 0 Å². The topological polar surface area (TPSA) is 41.6 Å². The molecule has 1 aromatic rings. The molecule has 1 amide bonds. The van der Waals surface area contributed by atoms with Crippen molar-refractivity contribution in [1.29, 1.82) is 0 Å². The number of ether oxygens (including phenoxy) is 1. The van der Waals surface area contributed by atoms with Crippen molar-refractivity contribution in [2.45, 2.75) is 39.2 Å². The van der Waals surface area contributed by atoms with Crippen LogP contribution in [0.3, 0.4) is 0 Å². The number of carbonyl (C=O) groups is 1. The van der Waals surface area contributed by atoms with Gasteiger partial charge < -0.3 is 15.0 Å². The highest BCUT2D eigenvalue weighted by atomic mass is 16.5. The van der Waals surface area contributed by atoms with Crippen LogP contribution in [0.1, 0.15) is 32.8 Å². The number of hydrogen-bond donors (Lipinski definition) is 1. The zero-order chi connectivity index (χ0) is 14.8. The Hall–Kier alpha value is -1.55. The molecule has 0 radical (unpaired) electrons. The van der Waals surface area contributed by atoms with Gasteiger partial charge >= 0.3 is 0 Å². The minimum Gasteiger partial charge on any atom is -0.497 e. The molecule has 0 unspecified atom stereocenters. The van der Waals surface area contributed by atoms with Gasteiger partial charge in [0.2, 0.25) is 5.91 Å². The molecule has 20 heavy (non-hydrogen) atoms. The lowest BCUT2D eigenvalue weighted by Crippen LogP contribution is -2.46. The predicted octanol–water partition coefficient (Wildman–Crippen LogP) is 2.36. The van der Waals surface area contributed by atoms with E-state index >= 15 is 0 Å². The number of rotatable bonds is 3. The molecule has 1 aliphatic rings. The molecule has 0 spiro atoms. The number of methoxy groups -OCH3 is 1. The van der Waals surface area contributed by atoms with E-state index in [4.69, 9.17) is 4.74 Å². The van der Waals surface area contributed by atoms with Crippen LogP contribution in [0.4, 0.5) is 5.69 Å². The molecule has 0 saturated heterocycles. The Labute approximate surface area is 121 Å². The summed E-state index contributed by atoms with van der Waals surface area (Å²) in [5, 5.41) is 3.26. The molecular weight excluding hydrogens is 252 g/mol. The average Bonchev–Trinajstić information content (AvgIpc) is 2.42. The molecule has 1 N–H and O–H groups in total. The number of amides is 1. The summed E-state index contributed by atoms with van der Waals surface area (Å²) in [5.41, 5.74) is 2.17. The van der Waals surface area contributed by atoms with E-state index < -0.39 is 0 Å². The van der Waals surface area contributed by atoms with Crippen LogP contribution in [-0.2, 0) is 11.2 Å². The predicted molar refractivity (Wildman–Crippen MR) is 81.4 cm³/mol. The van der Waals surface area contributed by atoms with Crippen LogP contribution >= 0.6 is 0 Å². The van der Waals surface area contributed by atoms with Gasteiger partial charge in [0.1, 0.15) is 5.75 Å². The fourth-order valence-corrected chi connectivity index (χ4v) is 2.40. The van der Waals surface area contributed by atoms with Crippen molar-refractivity contribution in [2.24, 2.45) is 0 Å². The molecule has 0 aromatic heterocycles. The standard InChI is InChI=1S/C16H24N2O2/c1-16(2,3)17-11-15(19)18-9-5-6-12-10-13(20-4)7-8-14(12)18/h7-8,10,17H,5-6,9,11H2,1-4H3. The molecule has 4 heteroatoms. The first-order valence-electron chi connectivity index (χ1n) is 7.13. The zero-order valence-electron chi connectivity index (χ0n) is 12.8. The Balaban J connectivity index is 2.13. The Kier molecular flexibility index (Phi) is 4.33. The van der Waals surface area contributed by atoms with E-state index in [9.17, 15) is 4.79 Å². The monoisotopic (exact) mass is 276 g/mol. The molecule has 0 saturated carbocycles. The summed E-state index contributed by atoms with van der Waals surface area (Å²) in [7, 11) is 1.67. The van der Waals surface area contributed by atoms with Crippen molar-refractivity contribution in [1.82, 2.24) is 5.32 Å². The molecule has 4 nitrogen and oxygen atoms in total. The number of aryl methyl sites for hydroxylation is 1.